The van der Waals surface area contributed by atoms with Gasteiger partial charge in [-0.2, -0.15) is 8.78 Å². The van der Waals surface area contributed by atoms with Crippen LogP contribution in [0.3, 0.4) is 0 Å². The number of aliphatic hydroxyl groups excluding tert-OH is 1. The predicted octanol–water partition coefficient (Wildman–Crippen LogP) is 0.333. The Labute approximate surface area is 79.8 Å². The Balaban J connectivity index is 2.64. The summed E-state index contributed by atoms with van der Waals surface area (Å²) in [5.74, 6) is -4.79. The Kier molecular flexibility index (Phi) is 2.89. The molecule has 1 rings (SSSR count). The van der Waals surface area contributed by atoms with E-state index in [-0.39, 0.29) is 6.61 Å². The molecule has 1 heterocycles. The molecule has 1 unspecified atom stereocenters. The average molecular weight is 210 g/mol. The molecule has 14 heavy (non-hydrogen) atoms. The van der Waals surface area contributed by atoms with Crippen LogP contribution in [0.5, 0.6) is 0 Å². The summed E-state index contributed by atoms with van der Waals surface area (Å²) < 4.78 is 35.4. The van der Waals surface area contributed by atoms with Gasteiger partial charge in [-0.15, -0.1) is 0 Å². The molecule has 1 N–H and O–H groups in total. The predicted molar refractivity (Wildman–Crippen MR) is 41.9 cm³/mol. The van der Waals surface area contributed by atoms with E-state index in [1.807, 2.05) is 0 Å². The van der Waals surface area contributed by atoms with Crippen LogP contribution in [-0.4, -0.2) is 41.9 Å². The summed E-state index contributed by atoms with van der Waals surface area (Å²) >= 11 is 0. The van der Waals surface area contributed by atoms with Gasteiger partial charge in [0.1, 0.15) is 6.10 Å². The summed E-state index contributed by atoms with van der Waals surface area (Å²) in [5.41, 5.74) is 0. The normalized spacial score (nSPS) is 28.8. The van der Waals surface area contributed by atoms with Crippen molar-refractivity contribution in [2.24, 2.45) is 0 Å². The molecule has 82 valence electrons. The van der Waals surface area contributed by atoms with Gasteiger partial charge >= 0.3 is 5.92 Å². The highest BCUT2D eigenvalue weighted by molar-refractivity contribution is 5.60. The van der Waals surface area contributed by atoms with Crippen molar-refractivity contribution < 1.29 is 28.2 Å². The van der Waals surface area contributed by atoms with Crippen LogP contribution in [0.1, 0.15) is 13.8 Å². The first-order valence-electron chi connectivity index (χ1n) is 4.12. The monoisotopic (exact) mass is 210 g/mol. The molecular weight excluding hydrogens is 198 g/mol. The van der Waals surface area contributed by atoms with Gasteiger partial charge in [-0.05, 0) is 13.8 Å². The molecule has 1 fully saturated rings. The fourth-order valence-electron chi connectivity index (χ4n) is 1.19. The first kappa shape index (κ1) is 11.5. The molecule has 4 nitrogen and oxygen atoms in total. The lowest BCUT2D eigenvalue weighted by Crippen LogP contribution is -2.45. The van der Waals surface area contributed by atoms with Crippen molar-refractivity contribution in [2.75, 3.05) is 6.61 Å². The Bertz CT molecular complexity index is 229. The zero-order chi connectivity index (χ0) is 11.0. The smallest absolute Gasteiger partial charge is 0.330 e. The van der Waals surface area contributed by atoms with Crippen LogP contribution in [0, 0.1) is 0 Å². The molecule has 0 aromatic heterocycles. The van der Waals surface area contributed by atoms with E-state index in [2.05, 4.69) is 0 Å². The van der Waals surface area contributed by atoms with Gasteiger partial charge in [-0.3, -0.25) is 4.79 Å². The maximum absolute atomic E-state index is 12.7. The van der Waals surface area contributed by atoms with E-state index in [9.17, 15) is 13.6 Å². The molecule has 1 aliphatic heterocycles. The molecule has 1 saturated heterocycles. The molecule has 0 aliphatic carbocycles. The van der Waals surface area contributed by atoms with Gasteiger partial charge in [0.15, 0.2) is 18.2 Å². The lowest BCUT2D eigenvalue weighted by molar-refractivity contribution is -0.186. The SMILES string of the molecule is CC1(C)OCC([C@@H](O)C(F)(F)C=O)O1. The number of hydrogen-bond donors (Lipinski definition) is 1. The second-order valence-electron chi connectivity index (χ2n) is 3.60. The fraction of sp³-hybridized carbons (Fsp3) is 0.875. The standard InChI is InChI=1S/C8H12F2O4/c1-7(2)13-3-5(14-7)6(12)8(9,10)4-11/h4-6,12H,3H2,1-2H3/t5?,6-/m1/s1. The third kappa shape index (κ3) is 2.26. The van der Waals surface area contributed by atoms with Crippen molar-refractivity contribution >= 4 is 6.29 Å². The van der Waals surface area contributed by atoms with E-state index in [1.54, 1.807) is 13.8 Å². The highest BCUT2D eigenvalue weighted by Crippen LogP contribution is 2.29. The van der Waals surface area contributed by atoms with Gasteiger partial charge in [0, 0.05) is 0 Å². The van der Waals surface area contributed by atoms with Crippen molar-refractivity contribution in [1.82, 2.24) is 0 Å². The van der Waals surface area contributed by atoms with Crippen molar-refractivity contribution in [1.29, 1.82) is 0 Å². The minimum atomic E-state index is -3.80. The van der Waals surface area contributed by atoms with E-state index < -0.39 is 30.2 Å². The molecule has 0 radical (unpaired) electrons. The van der Waals surface area contributed by atoms with Crippen LogP contribution in [0.25, 0.3) is 0 Å². The Morgan fingerprint density at radius 1 is 1.64 bits per heavy atom. The van der Waals surface area contributed by atoms with Crippen LogP contribution < -0.4 is 0 Å². The van der Waals surface area contributed by atoms with Crippen LogP contribution in [-0.2, 0) is 14.3 Å². The van der Waals surface area contributed by atoms with E-state index in [1.165, 1.54) is 0 Å². The fourth-order valence-corrected chi connectivity index (χ4v) is 1.19. The number of hydrogen-bond acceptors (Lipinski definition) is 4. The number of halogens is 2. The second kappa shape index (κ2) is 3.52. The summed E-state index contributed by atoms with van der Waals surface area (Å²) in [6, 6.07) is 0. The van der Waals surface area contributed by atoms with E-state index in [0.717, 1.165) is 0 Å². The molecular formula is C8H12F2O4. The minimum Gasteiger partial charge on any atom is -0.383 e. The van der Waals surface area contributed by atoms with E-state index in [0.29, 0.717) is 0 Å². The molecule has 0 aromatic carbocycles. The molecule has 0 amide bonds. The minimum absolute atomic E-state index is 0.155. The molecule has 2 atom stereocenters. The number of rotatable bonds is 3. The number of aliphatic hydroxyl groups is 1. The lowest BCUT2D eigenvalue weighted by atomic mass is 10.1. The van der Waals surface area contributed by atoms with Crippen molar-refractivity contribution in [3.8, 4) is 0 Å². The van der Waals surface area contributed by atoms with Gasteiger partial charge in [0.25, 0.3) is 0 Å². The lowest BCUT2D eigenvalue weighted by Gasteiger charge is -2.23. The summed E-state index contributed by atoms with van der Waals surface area (Å²) in [7, 11) is 0. The number of carbonyl (C=O) groups excluding carboxylic acids is 1. The molecule has 0 spiro atoms. The first-order valence-corrected chi connectivity index (χ1v) is 4.12. The van der Waals surface area contributed by atoms with Crippen molar-refractivity contribution in [3.05, 3.63) is 0 Å². The van der Waals surface area contributed by atoms with Crippen LogP contribution >= 0.6 is 0 Å². The van der Waals surface area contributed by atoms with Gasteiger partial charge in [-0.1, -0.05) is 0 Å². The average Bonchev–Trinajstić information content (AvgIpc) is 2.44. The largest absolute Gasteiger partial charge is 0.383 e. The Morgan fingerprint density at radius 2 is 2.21 bits per heavy atom. The molecule has 6 heteroatoms. The summed E-state index contributed by atoms with van der Waals surface area (Å²) in [5, 5.41) is 9.12. The topological polar surface area (TPSA) is 55.8 Å². The first-order chi connectivity index (χ1) is 6.28. The molecule has 1 aliphatic rings. The second-order valence-corrected chi connectivity index (χ2v) is 3.60. The van der Waals surface area contributed by atoms with Gasteiger partial charge < -0.3 is 14.6 Å². The number of ether oxygens (including phenoxy) is 2. The molecule has 0 aromatic rings. The maximum Gasteiger partial charge on any atom is 0.330 e. The zero-order valence-electron chi connectivity index (χ0n) is 7.87. The summed E-state index contributed by atoms with van der Waals surface area (Å²) in [6.45, 7) is 2.93. The Morgan fingerprint density at radius 3 is 2.57 bits per heavy atom. The van der Waals surface area contributed by atoms with E-state index in [4.69, 9.17) is 14.6 Å². The van der Waals surface area contributed by atoms with Crippen molar-refractivity contribution in [3.63, 3.8) is 0 Å². The number of carbonyl (C=O) groups is 1. The summed E-state index contributed by atoms with van der Waals surface area (Å²) in [6.07, 6.45) is -3.93. The number of alkyl halides is 2. The highest BCUT2D eigenvalue weighted by Gasteiger charge is 2.48. The zero-order valence-corrected chi connectivity index (χ0v) is 7.87. The van der Waals surface area contributed by atoms with Crippen LogP contribution in [0.4, 0.5) is 8.78 Å². The third-order valence-corrected chi connectivity index (χ3v) is 1.93. The third-order valence-electron chi connectivity index (χ3n) is 1.93. The van der Waals surface area contributed by atoms with Crippen LogP contribution in [0.15, 0.2) is 0 Å². The maximum atomic E-state index is 12.7. The number of aldehydes is 1. The van der Waals surface area contributed by atoms with Gasteiger partial charge in [0.05, 0.1) is 6.61 Å². The van der Waals surface area contributed by atoms with Gasteiger partial charge in [-0.25, -0.2) is 0 Å². The molecule has 0 bridgehead atoms. The van der Waals surface area contributed by atoms with Gasteiger partial charge in [0.2, 0.25) is 0 Å². The summed E-state index contributed by atoms with van der Waals surface area (Å²) in [4.78, 5) is 9.98. The highest BCUT2D eigenvalue weighted by atomic mass is 19.3. The van der Waals surface area contributed by atoms with Crippen molar-refractivity contribution in [2.45, 2.75) is 37.8 Å². The quantitative estimate of drug-likeness (QED) is 0.682. The Hall–Kier alpha value is -0.590. The van der Waals surface area contributed by atoms with Crippen LogP contribution in [0.2, 0.25) is 0 Å². The van der Waals surface area contributed by atoms with E-state index >= 15 is 0 Å². The molecule has 0 saturated carbocycles.